The summed E-state index contributed by atoms with van der Waals surface area (Å²) in [6.07, 6.45) is 7.41. The van der Waals surface area contributed by atoms with Crippen molar-refractivity contribution < 1.29 is 14.7 Å². The molecule has 0 bridgehead atoms. The van der Waals surface area contributed by atoms with E-state index in [-0.39, 0.29) is 17.7 Å². The van der Waals surface area contributed by atoms with Gasteiger partial charge in [0.2, 0.25) is 5.91 Å². The first-order chi connectivity index (χ1) is 7.87. The molecule has 0 rings (SSSR count). The molecule has 0 radical (unpaired) electrons. The molecule has 1 amide bonds. The van der Waals surface area contributed by atoms with E-state index in [0.29, 0.717) is 25.8 Å². The maximum absolute atomic E-state index is 11.3. The molecular weight excluding hydrogens is 218 g/mol. The van der Waals surface area contributed by atoms with E-state index in [1.807, 2.05) is 13.8 Å². The Balaban J connectivity index is 3.75. The quantitative estimate of drug-likeness (QED) is 0.635. The van der Waals surface area contributed by atoms with E-state index >= 15 is 0 Å². The first kappa shape index (κ1) is 15.5. The van der Waals surface area contributed by atoms with Crippen LogP contribution in [-0.2, 0) is 9.59 Å². The van der Waals surface area contributed by atoms with E-state index in [2.05, 4.69) is 11.2 Å². The summed E-state index contributed by atoms with van der Waals surface area (Å²) in [5.41, 5.74) is -0.0716. The van der Waals surface area contributed by atoms with Crippen molar-refractivity contribution in [3.8, 4) is 12.3 Å². The number of aliphatic carboxylic acids is 1. The van der Waals surface area contributed by atoms with Crippen molar-refractivity contribution in [3.05, 3.63) is 0 Å². The summed E-state index contributed by atoms with van der Waals surface area (Å²) in [6, 6.07) is 0. The lowest BCUT2D eigenvalue weighted by atomic mass is 9.84. The lowest BCUT2D eigenvalue weighted by Crippen LogP contribution is -2.28. The van der Waals surface area contributed by atoms with Crippen molar-refractivity contribution in [2.75, 3.05) is 6.54 Å². The van der Waals surface area contributed by atoms with Crippen LogP contribution in [0.3, 0.4) is 0 Å². The Bertz CT molecular complexity index is 302. The highest BCUT2D eigenvalue weighted by atomic mass is 16.4. The summed E-state index contributed by atoms with van der Waals surface area (Å²) in [6.45, 7) is 4.57. The fraction of sp³-hybridized carbons (Fsp3) is 0.692. The summed E-state index contributed by atoms with van der Waals surface area (Å²) < 4.78 is 0. The van der Waals surface area contributed by atoms with Gasteiger partial charge in [-0.2, -0.15) is 0 Å². The highest BCUT2D eigenvalue weighted by molar-refractivity contribution is 5.76. The Morgan fingerprint density at radius 1 is 1.29 bits per heavy atom. The minimum atomic E-state index is -0.781. The lowest BCUT2D eigenvalue weighted by Gasteiger charge is -2.23. The summed E-state index contributed by atoms with van der Waals surface area (Å²) in [7, 11) is 0. The zero-order chi connectivity index (χ0) is 13.3. The van der Waals surface area contributed by atoms with Gasteiger partial charge < -0.3 is 10.4 Å². The minimum absolute atomic E-state index is 0.0445. The van der Waals surface area contributed by atoms with Gasteiger partial charge in [-0.1, -0.05) is 13.8 Å². The molecule has 0 saturated heterocycles. The number of nitrogens with one attached hydrogen (secondary N) is 1. The van der Waals surface area contributed by atoms with Gasteiger partial charge in [0.15, 0.2) is 0 Å². The van der Waals surface area contributed by atoms with E-state index in [1.54, 1.807) is 0 Å². The van der Waals surface area contributed by atoms with Crippen LogP contribution in [0.4, 0.5) is 0 Å². The number of amides is 1. The lowest BCUT2D eigenvalue weighted by molar-refractivity contribution is -0.137. The number of hydrogen-bond donors (Lipinski definition) is 2. The summed E-state index contributed by atoms with van der Waals surface area (Å²) in [5.74, 6) is 1.59. The Kier molecular flexibility index (Phi) is 7.04. The van der Waals surface area contributed by atoms with Crippen molar-refractivity contribution in [1.29, 1.82) is 0 Å². The maximum atomic E-state index is 11.3. The predicted molar refractivity (Wildman–Crippen MR) is 66.3 cm³/mol. The molecule has 0 aromatic rings. The van der Waals surface area contributed by atoms with E-state index in [1.165, 1.54) is 0 Å². The number of carbonyl (C=O) groups is 2. The average Bonchev–Trinajstić information content (AvgIpc) is 2.23. The predicted octanol–water partition coefficient (Wildman–Crippen LogP) is 1.80. The van der Waals surface area contributed by atoms with Gasteiger partial charge in [0.25, 0.3) is 0 Å². The van der Waals surface area contributed by atoms with Crippen molar-refractivity contribution in [2.45, 2.75) is 46.0 Å². The van der Waals surface area contributed by atoms with Gasteiger partial charge in [-0.05, 0) is 18.3 Å². The molecule has 4 nitrogen and oxygen atoms in total. The van der Waals surface area contributed by atoms with Gasteiger partial charge in [0.1, 0.15) is 0 Å². The second-order valence-electron chi connectivity index (χ2n) is 4.86. The van der Waals surface area contributed by atoms with Crippen LogP contribution in [0.1, 0.15) is 46.0 Å². The van der Waals surface area contributed by atoms with Crippen LogP contribution in [0.15, 0.2) is 0 Å². The van der Waals surface area contributed by atoms with E-state index < -0.39 is 5.97 Å². The van der Waals surface area contributed by atoms with Crippen LogP contribution in [0.2, 0.25) is 0 Å². The maximum Gasteiger partial charge on any atom is 0.303 e. The molecule has 0 unspecified atom stereocenters. The number of hydrogen-bond acceptors (Lipinski definition) is 2. The fourth-order valence-electron chi connectivity index (χ4n) is 1.38. The van der Waals surface area contributed by atoms with Crippen molar-refractivity contribution in [3.63, 3.8) is 0 Å². The van der Waals surface area contributed by atoms with Crippen LogP contribution < -0.4 is 5.32 Å². The Morgan fingerprint density at radius 2 is 1.94 bits per heavy atom. The Labute approximate surface area is 103 Å². The van der Waals surface area contributed by atoms with Crippen molar-refractivity contribution >= 4 is 11.9 Å². The van der Waals surface area contributed by atoms with Gasteiger partial charge in [0.05, 0.1) is 0 Å². The molecular formula is C13H21NO3. The molecule has 0 atom stereocenters. The zero-order valence-electron chi connectivity index (χ0n) is 10.6. The monoisotopic (exact) mass is 239 g/mol. The number of terminal acetylenes is 1. The van der Waals surface area contributed by atoms with Gasteiger partial charge in [-0.3, -0.25) is 9.59 Å². The second-order valence-corrected chi connectivity index (χ2v) is 4.86. The van der Waals surface area contributed by atoms with Gasteiger partial charge >= 0.3 is 5.97 Å². The largest absolute Gasteiger partial charge is 0.481 e. The molecule has 0 spiro atoms. The number of rotatable bonds is 8. The SMILES string of the molecule is C#CCCC(=O)NCCC(C)(C)CCC(=O)O. The highest BCUT2D eigenvalue weighted by Crippen LogP contribution is 2.25. The molecule has 0 aliphatic carbocycles. The molecule has 0 heterocycles. The van der Waals surface area contributed by atoms with Crippen molar-refractivity contribution in [2.24, 2.45) is 5.41 Å². The average molecular weight is 239 g/mol. The topological polar surface area (TPSA) is 66.4 Å². The van der Waals surface area contributed by atoms with Gasteiger partial charge in [0, 0.05) is 25.8 Å². The Hall–Kier alpha value is -1.50. The zero-order valence-corrected chi connectivity index (χ0v) is 10.6. The molecule has 0 saturated carbocycles. The third-order valence-electron chi connectivity index (χ3n) is 2.64. The molecule has 0 aliphatic heterocycles. The second kappa shape index (κ2) is 7.72. The molecule has 0 aromatic carbocycles. The number of carbonyl (C=O) groups excluding carboxylic acids is 1. The van der Waals surface area contributed by atoms with Crippen LogP contribution in [0.5, 0.6) is 0 Å². The third-order valence-corrected chi connectivity index (χ3v) is 2.64. The molecule has 2 N–H and O–H groups in total. The molecule has 96 valence electrons. The standard InChI is InChI=1S/C13H21NO3/c1-4-5-6-11(15)14-10-9-13(2,3)8-7-12(16)17/h1H,5-10H2,2-3H3,(H,14,15)(H,16,17). The summed E-state index contributed by atoms with van der Waals surface area (Å²) >= 11 is 0. The van der Waals surface area contributed by atoms with Gasteiger partial charge in [-0.15, -0.1) is 12.3 Å². The Morgan fingerprint density at radius 3 is 2.47 bits per heavy atom. The van der Waals surface area contributed by atoms with Crippen molar-refractivity contribution in [1.82, 2.24) is 5.32 Å². The normalized spacial score (nSPS) is 10.6. The summed E-state index contributed by atoms with van der Waals surface area (Å²) in [4.78, 5) is 21.7. The molecule has 0 fully saturated rings. The van der Waals surface area contributed by atoms with E-state index in [9.17, 15) is 9.59 Å². The van der Waals surface area contributed by atoms with Crippen LogP contribution in [0, 0.1) is 17.8 Å². The first-order valence-electron chi connectivity index (χ1n) is 5.79. The number of carboxylic acid groups (broad SMARTS) is 1. The number of carboxylic acids is 1. The van der Waals surface area contributed by atoms with Gasteiger partial charge in [-0.25, -0.2) is 0 Å². The van der Waals surface area contributed by atoms with Crippen LogP contribution >= 0.6 is 0 Å². The fourth-order valence-corrected chi connectivity index (χ4v) is 1.38. The molecule has 0 aliphatic rings. The molecule has 17 heavy (non-hydrogen) atoms. The van der Waals surface area contributed by atoms with E-state index in [0.717, 1.165) is 6.42 Å². The molecule has 0 aromatic heterocycles. The van der Waals surface area contributed by atoms with Crippen LogP contribution in [0.25, 0.3) is 0 Å². The summed E-state index contributed by atoms with van der Waals surface area (Å²) in [5, 5.41) is 11.4. The van der Waals surface area contributed by atoms with E-state index in [4.69, 9.17) is 11.5 Å². The first-order valence-corrected chi connectivity index (χ1v) is 5.79. The van der Waals surface area contributed by atoms with Crippen LogP contribution in [-0.4, -0.2) is 23.5 Å². The third kappa shape index (κ3) is 9.43. The molecule has 4 heteroatoms. The highest BCUT2D eigenvalue weighted by Gasteiger charge is 2.18. The smallest absolute Gasteiger partial charge is 0.303 e. The minimum Gasteiger partial charge on any atom is -0.481 e.